The Labute approximate surface area is 139 Å². The van der Waals surface area contributed by atoms with Gasteiger partial charge in [0.1, 0.15) is 0 Å². The predicted octanol–water partition coefficient (Wildman–Crippen LogP) is 2.72. The average Bonchev–Trinajstić information content (AvgIpc) is 2.60. The SMILES string of the molecule is NC(=O)c1ccccc1C[CH]C(=O)Nc1cnc2ccccc2c1. The minimum Gasteiger partial charge on any atom is -0.366 e. The van der Waals surface area contributed by atoms with Gasteiger partial charge in [0.2, 0.25) is 11.8 Å². The summed E-state index contributed by atoms with van der Waals surface area (Å²) in [4.78, 5) is 27.8. The second-order valence-corrected chi connectivity index (χ2v) is 5.34. The maximum absolute atomic E-state index is 12.1. The fourth-order valence-corrected chi connectivity index (χ4v) is 2.47. The highest BCUT2D eigenvalue weighted by Crippen LogP contribution is 2.16. The van der Waals surface area contributed by atoms with E-state index in [4.69, 9.17) is 5.73 Å². The van der Waals surface area contributed by atoms with E-state index < -0.39 is 5.91 Å². The molecule has 0 fully saturated rings. The lowest BCUT2D eigenvalue weighted by Gasteiger charge is -2.08. The summed E-state index contributed by atoms with van der Waals surface area (Å²) in [5.74, 6) is -0.760. The Balaban J connectivity index is 1.66. The second kappa shape index (κ2) is 6.91. The summed E-state index contributed by atoms with van der Waals surface area (Å²) in [6.45, 7) is 0. The van der Waals surface area contributed by atoms with Gasteiger partial charge in [0, 0.05) is 10.9 Å². The van der Waals surface area contributed by atoms with Crippen LogP contribution in [0, 0.1) is 6.42 Å². The molecule has 0 aliphatic heterocycles. The van der Waals surface area contributed by atoms with Crippen molar-refractivity contribution < 1.29 is 9.59 Å². The fourth-order valence-electron chi connectivity index (χ4n) is 2.47. The summed E-state index contributed by atoms with van der Waals surface area (Å²) in [5.41, 5.74) is 7.97. The van der Waals surface area contributed by atoms with Crippen LogP contribution in [0.25, 0.3) is 10.9 Å². The molecular weight excluding hydrogens is 302 g/mol. The van der Waals surface area contributed by atoms with E-state index in [1.54, 1.807) is 30.5 Å². The van der Waals surface area contributed by atoms with Gasteiger partial charge in [0.05, 0.1) is 23.8 Å². The number of aromatic nitrogens is 1. The van der Waals surface area contributed by atoms with Crippen molar-refractivity contribution >= 4 is 28.4 Å². The Morgan fingerprint density at radius 1 is 1.08 bits per heavy atom. The van der Waals surface area contributed by atoms with Crippen molar-refractivity contribution in [1.82, 2.24) is 4.98 Å². The van der Waals surface area contributed by atoms with Gasteiger partial charge in [-0.3, -0.25) is 14.6 Å². The van der Waals surface area contributed by atoms with Crippen molar-refractivity contribution in [2.45, 2.75) is 6.42 Å². The minimum atomic E-state index is -0.502. The van der Waals surface area contributed by atoms with Crippen LogP contribution in [0.15, 0.2) is 60.8 Å². The molecule has 0 saturated carbocycles. The first-order valence-corrected chi connectivity index (χ1v) is 7.50. The van der Waals surface area contributed by atoms with Crippen molar-refractivity contribution in [1.29, 1.82) is 0 Å². The highest BCUT2D eigenvalue weighted by atomic mass is 16.2. The van der Waals surface area contributed by atoms with E-state index in [0.717, 1.165) is 16.5 Å². The molecule has 3 aromatic rings. The molecule has 2 amide bonds. The van der Waals surface area contributed by atoms with Gasteiger partial charge in [-0.15, -0.1) is 0 Å². The number of anilines is 1. The van der Waals surface area contributed by atoms with Gasteiger partial charge in [-0.2, -0.15) is 0 Å². The average molecular weight is 318 g/mol. The summed E-state index contributed by atoms with van der Waals surface area (Å²) < 4.78 is 0. The molecule has 24 heavy (non-hydrogen) atoms. The maximum atomic E-state index is 12.1. The number of pyridine rings is 1. The summed E-state index contributed by atoms with van der Waals surface area (Å²) in [6, 6.07) is 16.5. The molecule has 1 radical (unpaired) electrons. The van der Waals surface area contributed by atoms with Gasteiger partial charge in [-0.25, -0.2) is 0 Å². The lowest BCUT2D eigenvalue weighted by atomic mass is 10.0. The van der Waals surface area contributed by atoms with Crippen LogP contribution in [0.3, 0.4) is 0 Å². The van der Waals surface area contributed by atoms with Crippen LogP contribution < -0.4 is 11.1 Å². The first-order chi connectivity index (χ1) is 11.6. The molecule has 0 aliphatic carbocycles. The normalized spacial score (nSPS) is 10.5. The molecule has 0 unspecified atom stereocenters. The van der Waals surface area contributed by atoms with E-state index in [1.165, 1.54) is 6.42 Å². The number of nitrogens with two attached hydrogens (primary N) is 1. The number of para-hydroxylation sites is 1. The molecule has 3 rings (SSSR count). The molecule has 5 nitrogen and oxygen atoms in total. The predicted molar refractivity (Wildman–Crippen MR) is 93.3 cm³/mol. The number of nitrogens with one attached hydrogen (secondary N) is 1. The molecule has 0 atom stereocenters. The molecule has 0 aliphatic rings. The second-order valence-electron chi connectivity index (χ2n) is 5.34. The third-order valence-corrected chi connectivity index (χ3v) is 3.65. The Bertz CT molecular complexity index is 906. The highest BCUT2D eigenvalue weighted by Gasteiger charge is 2.10. The molecule has 1 heterocycles. The number of carbonyl (C=O) groups excluding carboxylic acids is 2. The maximum Gasteiger partial charge on any atom is 0.248 e. The van der Waals surface area contributed by atoms with Crippen molar-refractivity contribution in [3.05, 3.63) is 78.3 Å². The Morgan fingerprint density at radius 3 is 2.67 bits per heavy atom. The van der Waals surface area contributed by atoms with E-state index in [1.807, 2.05) is 30.3 Å². The third kappa shape index (κ3) is 3.57. The minimum absolute atomic E-state index is 0.258. The topological polar surface area (TPSA) is 85.1 Å². The molecule has 5 heteroatoms. The monoisotopic (exact) mass is 318 g/mol. The number of carbonyl (C=O) groups is 2. The van der Waals surface area contributed by atoms with E-state index >= 15 is 0 Å². The molecule has 1 aromatic heterocycles. The summed E-state index contributed by atoms with van der Waals surface area (Å²) >= 11 is 0. The van der Waals surface area contributed by atoms with Crippen LogP contribution >= 0.6 is 0 Å². The van der Waals surface area contributed by atoms with E-state index in [9.17, 15) is 9.59 Å². The number of rotatable bonds is 5. The van der Waals surface area contributed by atoms with Gasteiger partial charge in [0.25, 0.3) is 0 Å². The van der Waals surface area contributed by atoms with Crippen LogP contribution in [0.1, 0.15) is 15.9 Å². The molecule has 2 aromatic carbocycles. The van der Waals surface area contributed by atoms with Crippen molar-refractivity contribution in [3.8, 4) is 0 Å². The van der Waals surface area contributed by atoms with Crippen molar-refractivity contribution in [2.24, 2.45) is 5.73 Å². The van der Waals surface area contributed by atoms with E-state index in [-0.39, 0.29) is 5.91 Å². The lowest BCUT2D eigenvalue weighted by molar-refractivity contribution is -0.113. The van der Waals surface area contributed by atoms with Crippen molar-refractivity contribution in [3.63, 3.8) is 0 Å². The zero-order valence-electron chi connectivity index (χ0n) is 12.9. The molecular formula is C19H16N3O2. The largest absolute Gasteiger partial charge is 0.366 e. The fraction of sp³-hybridized carbons (Fsp3) is 0.0526. The molecule has 3 N–H and O–H groups in total. The Kier molecular flexibility index (Phi) is 4.52. The van der Waals surface area contributed by atoms with Crippen LogP contribution in [-0.4, -0.2) is 16.8 Å². The third-order valence-electron chi connectivity index (χ3n) is 3.65. The van der Waals surface area contributed by atoms with Gasteiger partial charge in [-0.05, 0) is 30.2 Å². The highest BCUT2D eigenvalue weighted by molar-refractivity contribution is 5.99. The van der Waals surface area contributed by atoms with Crippen LogP contribution in [-0.2, 0) is 11.2 Å². The van der Waals surface area contributed by atoms with Gasteiger partial charge >= 0.3 is 0 Å². The van der Waals surface area contributed by atoms with E-state index in [2.05, 4.69) is 10.3 Å². The van der Waals surface area contributed by atoms with Gasteiger partial charge < -0.3 is 11.1 Å². The zero-order chi connectivity index (χ0) is 16.9. The number of amides is 2. The standard InChI is InChI=1S/C19H16N3O2/c20-19(24)16-7-3-1-5-13(16)9-10-18(23)22-15-11-14-6-2-4-8-17(14)21-12-15/h1-8,10-12H,9H2,(H2,20,24)(H,22,23). The smallest absolute Gasteiger partial charge is 0.248 e. The van der Waals surface area contributed by atoms with Crippen LogP contribution in [0.5, 0.6) is 0 Å². The van der Waals surface area contributed by atoms with Gasteiger partial charge in [0.15, 0.2) is 0 Å². The molecule has 119 valence electrons. The van der Waals surface area contributed by atoms with E-state index in [0.29, 0.717) is 17.7 Å². The number of hydrogen-bond donors (Lipinski definition) is 2. The number of hydrogen-bond acceptors (Lipinski definition) is 3. The summed E-state index contributed by atoms with van der Waals surface area (Å²) in [5, 5.41) is 3.73. The number of nitrogens with zero attached hydrogens (tertiary/aromatic N) is 1. The Morgan fingerprint density at radius 2 is 1.83 bits per heavy atom. The first-order valence-electron chi connectivity index (χ1n) is 7.50. The molecule has 0 bridgehead atoms. The first kappa shape index (κ1) is 15.7. The van der Waals surface area contributed by atoms with Crippen LogP contribution in [0.4, 0.5) is 5.69 Å². The van der Waals surface area contributed by atoms with Crippen molar-refractivity contribution in [2.75, 3.05) is 5.32 Å². The number of fused-ring (bicyclic) bond motifs is 1. The number of benzene rings is 2. The molecule has 0 spiro atoms. The Hall–Kier alpha value is -3.21. The lowest BCUT2D eigenvalue weighted by Crippen LogP contribution is -2.17. The van der Waals surface area contributed by atoms with Crippen LogP contribution in [0.2, 0.25) is 0 Å². The quantitative estimate of drug-likeness (QED) is 0.758. The zero-order valence-corrected chi connectivity index (χ0v) is 12.9. The number of primary amides is 1. The van der Waals surface area contributed by atoms with Gasteiger partial charge in [-0.1, -0.05) is 36.4 Å². The molecule has 0 saturated heterocycles. The summed E-state index contributed by atoms with van der Waals surface area (Å²) in [6.07, 6.45) is 3.42. The summed E-state index contributed by atoms with van der Waals surface area (Å²) in [7, 11) is 0.